The Balaban J connectivity index is 0.00000274. The Bertz CT molecular complexity index is 1450. The van der Waals surface area contributed by atoms with Crippen LogP contribution < -0.4 is 0 Å². The Kier molecular flexibility index (Phi) is 6.90. The number of fused-ring (bicyclic) bond motifs is 3. The first-order valence-corrected chi connectivity index (χ1v) is 11.6. The van der Waals surface area contributed by atoms with Crippen molar-refractivity contribution >= 4 is 21.8 Å². The quantitative estimate of drug-likeness (QED) is 0.178. The van der Waals surface area contributed by atoms with Crippen molar-refractivity contribution < 1.29 is 19.5 Å². The van der Waals surface area contributed by atoms with Crippen LogP contribution in [0.3, 0.4) is 0 Å². The minimum Gasteiger partial charge on any atom is -0.356 e. The van der Waals surface area contributed by atoms with Gasteiger partial charge in [-0.2, -0.15) is 13.8 Å². The van der Waals surface area contributed by atoms with Gasteiger partial charge in [0, 0.05) is 41.6 Å². The van der Waals surface area contributed by atoms with Crippen LogP contribution in [0.4, 0.5) is 0 Å². The largest absolute Gasteiger partial charge is 2.00 e. The number of aryl methyl sites for hydroxylation is 2. The van der Waals surface area contributed by atoms with Crippen LogP contribution in [-0.4, -0.2) is 24.1 Å². The molecule has 2 aromatic carbocycles. The van der Waals surface area contributed by atoms with E-state index in [0.717, 1.165) is 35.7 Å². The Labute approximate surface area is 214 Å². The molecule has 5 nitrogen and oxygen atoms in total. The molecular formula is C28H29N5Rh. The number of aromatic nitrogens is 5. The number of hydrogen-bond donors (Lipinski definition) is 0. The molecule has 175 valence electrons. The maximum absolute atomic E-state index is 4.83. The molecule has 3 heterocycles. The molecular weight excluding hydrogens is 509 g/mol. The molecule has 0 fully saturated rings. The van der Waals surface area contributed by atoms with Gasteiger partial charge < -0.3 is 16.4 Å². The van der Waals surface area contributed by atoms with E-state index in [1.165, 1.54) is 39.2 Å². The summed E-state index contributed by atoms with van der Waals surface area (Å²) < 4.78 is 4.50. The molecule has 3 aromatic heterocycles. The van der Waals surface area contributed by atoms with Crippen molar-refractivity contribution in [2.75, 3.05) is 0 Å². The topological polar surface area (TPSA) is 48.5 Å². The summed E-state index contributed by atoms with van der Waals surface area (Å²) in [7, 11) is 0. The summed E-state index contributed by atoms with van der Waals surface area (Å²) in [6.07, 6.45) is 8.24. The van der Waals surface area contributed by atoms with Gasteiger partial charge in [-0.1, -0.05) is 36.8 Å². The number of imidazole rings is 1. The molecule has 0 N–H and O–H groups in total. The van der Waals surface area contributed by atoms with E-state index in [9.17, 15) is 0 Å². The molecule has 0 aliphatic heterocycles. The number of benzene rings is 2. The van der Waals surface area contributed by atoms with Gasteiger partial charge in [0.2, 0.25) is 0 Å². The maximum atomic E-state index is 4.83. The summed E-state index contributed by atoms with van der Waals surface area (Å²) in [5, 5.41) is 2.53. The minimum absolute atomic E-state index is 0. The minimum atomic E-state index is 0. The molecule has 0 aliphatic carbocycles. The van der Waals surface area contributed by atoms with Gasteiger partial charge in [-0.05, 0) is 30.8 Å². The molecule has 0 saturated heterocycles. The fraction of sp³-hybridized carbons (Fsp3) is 0.250. The molecule has 0 unspecified atom stereocenters. The fourth-order valence-corrected chi connectivity index (χ4v) is 5.00. The Morgan fingerprint density at radius 2 is 1.76 bits per heavy atom. The van der Waals surface area contributed by atoms with Gasteiger partial charge in [0.05, 0.1) is 5.82 Å². The number of para-hydroxylation sites is 1. The molecule has 0 spiro atoms. The second-order valence-electron chi connectivity index (χ2n) is 8.66. The van der Waals surface area contributed by atoms with E-state index < -0.39 is 0 Å². The SMILES string of the molecule is CC[C-](c1cc2c(cc1-c1nccn1-c1ncncc1C)c1ccccc1n2CC)[C-](C)C.[Rh+2]. The van der Waals surface area contributed by atoms with E-state index >= 15 is 0 Å². The van der Waals surface area contributed by atoms with E-state index in [0.29, 0.717) is 0 Å². The predicted octanol–water partition coefficient (Wildman–Crippen LogP) is 6.71. The van der Waals surface area contributed by atoms with Gasteiger partial charge in [-0.3, -0.25) is 4.57 Å². The summed E-state index contributed by atoms with van der Waals surface area (Å²) in [6, 6.07) is 13.4. The monoisotopic (exact) mass is 538 g/mol. The van der Waals surface area contributed by atoms with Crippen molar-refractivity contribution in [3.63, 3.8) is 0 Å². The van der Waals surface area contributed by atoms with Gasteiger partial charge in [0.15, 0.2) is 0 Å². The average molecular weight is 538 g/mol. The number of rotatable bonds is 6. The first-order valence-electron chi connectivity index (χ1n) is 11.6. The zero-order chi connectivity index (χ0) is 23.1. The van der Waals surface area contributed by atoms with Gasteiger partial charge >= 0.3 is 19.5 Å². The van der Waals surface area contributed by atoms with Crippen LogP contribution in [0.15, 0.2) is 61.3 Å². The molecule has 34 heavy (non-hydrogen) atoms. The number of nitrogens with zero attached hydrogens (tertiary/aromatic N) is 5. The zero-order valence-electron chi connectivity index (χ0n) is 20.3. The first-order chi connectivity index (χ1) is 16.0. The van der Waals surface area contributed by atoms with Gasteiger partial charge in [0.1, 0.15) is 12.1 Å². The average Bonchev–Trinajstić information content (AvgIpc) is 3.41. The summed E-state index contributed by atoms with van der Waals surface area (Å²) in [5.41, 5.74) is 5.91. The van der Waals surface area contributed by atoms with E-state index in [1.807, 2.05) is 25.5 Å². The van der Waals surface area contributed by atoms with Crippen molar-refractivity contribution in [3.05, 3.63) is 84.3 Å². The zero-order valence-corrected chi connectivity index (χ0v) is 21.9. The summed E-state index contributed by atoms with van der Waals surface area (Å²) >= 11 is 0. The standard InChI is InChI=1S/C28H29N5.Rh/c1-6-20(18(3)4)22-15-26-23(21-10-8-9-11-25(21)32(26)7-2)14-24(22)28-30-12-13-33(28)27-19(5)16-29-17-31-27;/h8-17H,6-7H2,1-5H3;/q-2;+2. The fourth-order valence-electron chi connectivity index (χ4n) is 5.00. The molecule has 0 amide bonds. The predicted molar refractivity (Wildman–Crippen MR) is 135 cm³/mol. The van der Waals surface area contributed by atoms with Crippen molar-refractivity contribution in [2.45, 2.75) is 47.6 Å². The van der Waals surface area contributed by atoms with Crippen LogP contribution in [0, 0.1) is 18.8 Å². The molecule has 1 radical (unpaired) electrons. The Morgan fingerprint density at radius 1 is 0.971 bits per heavy atom. The molecule has 5 aromatic rings. The second kappa shape index (κ2) is 9.71. The molecule has 0 aliphatic rings. The van der Waals surface area contributed by atoms with Gasteiger partial charge in [0.25, 0.3) is 0 Å². The van der Waals surface area contributed by atoms with Crippen molar-refractivity contribution in [3.8, 4) is 17.2 Å². The second-order valence-corrected chi connectivity index (χ2v) is 8.66. The van der Waals surface area contributed by atoms with Crippen molar-refractivity contribution in [1.29, 1.82) is 0 Å². The Morgan fingerprint density at radius 3 is 2.47 bits per heavy atom. The third-order valence-corrected chi connectivity index (χ3v) is 6.49. The van der Waals surface area contributed by atoms with Crippen LogP contribution in [0.1, 0.15) is 45.2 Å². The maximum Gasteiger partial charge on any atom is 2.00 e. The van der Waals surface area contributed by atoms with Crippen molar-refractivity contribution in [2.24, 2.45) is 0 Å². The first kappa shape index (κ1) is 24.2. The van der Waals surface area contributed by atoms with Crippen molar-refractivity contribution in [1.82, 2.24) is 24.1 Å². The molecule has 5 rings (SSSR count). The number of hydrogen-bond acceptors (Lipinski definition) is 3. The molecule has 0 saturated carbocycles. The third-order valence-electron chi connectivity index (χ3n) is 6.49. The van der Waals surface area contributed by atoms with Gasteiger partial charge in [-0.25, -0.2) is 20.5 Å². The molecule has 0 atom stereocenters. The molecule has 6 heteroatoms. The smallest absolute Gasteiger partial charge is 0.356 e. The summed E-state index contributed by atoms with van der Waals surface area (Å²) in [5.74, 6) is 4.44. The van der Waals surface area contributed by atoms with Gasteiger partial charge in [-0.15, -0.1) is 12.5 Å². The van der Waals surface area contributed by atoms with Crippen LogP contribution >= 0.6 is 0 Å². The van der Waals surface area contributed by atoms with E-state index in [4.69, 9.17) is 4.98 Å². The molecule has 0 bridgehead atoms. The van der Waals surface area contributed by atoms with E-state index in [1.54, 1.807) is 6.33 Å². The van der Waals surface area contributed by atoms with E-state index in [-0.39, 0.29) is 19.5 Å². The summed E-state index contributed by atoms with van der Waals surface area (Å²) in [6.45, 7) is 11.8. The summed E-state index contributed by atoms with van der Waals surface area (Å²) in [4.78, 5) is 13.6. The van der Waals surface area contributed by atoms with E-state index in [2.05, 4.69) is 83.2 Å². The van der Waals surface area contributed by atoms with Crippen LogP contribution in [-0.2, 0) is 26.0 Å². The van der Waals surface area contributed by atoms with Crippen LogP contribution in [0.25, 0.3) is 39.0 Å². The van der Waals surface area contributed by atoms with Crippen LogP contribution in [0.5, 0.6) is 0 Å². The van der Waals surface area contributed by atoms with Crippen LogP contribution in [0.2, 0.25) is 0 Å². The normalized spacial score (nSPS) is 11.4. The Hall–Kier alpha value is -2.98. The third kappa shape index (κ3) is 3.84.